The van der Waals surface area contributed by atoms with Gasteiger partial charge in [0.2, 0.25) is 5.91 Å². The molecular weight excluding hydrogens is 240 g/mol. The first kappa shape index (κ1) is 13.9. The highest BCUT2D eigenvalue weighted by Gasteiger charge is 2.21. The Balaban J connectivity index is 2.75. The first-order chi connectivity index (χ1) is 7.85. The van der Waals surface area contributed by atoms with Crippen LogP contribution in [-0.2, 0) is 9.53 Å². The molecule has 0 aliphatic rings. The molecule has 0 unspecified atom stereocenters. The maximum Gasteiger partial charge on any atom is 0.227 e. The van der Waals surface area contributed by atoms with Crippen molar-refractivity contribution >= 4 is 23.2 Å². The van der Waals surface area contributed by atoms with E-state index in [0.29, 0.717) is 10.8 Å². The molecule has 0 radical (unpaired) electrons. The van der Waals surface area contributed by atoms with Crippen molar-refractivity contribution < 1.29 is 9.53 Å². The van der Waals surface area contributed by atoms with Crippen LogP contribution in [-0.4, -0.2) is 23.6 Å². The summed E-state index contributed by atoms with van der Waals surface area (Å²) in [7, 11) is 1.58. The summed E-state index contributed by atoms with van der Waals surface area (Å²) in [6.45, 7) is 5.57. The molecule has 1 amide bonds. The summed E-state index contributed by atoms with van der Waals surface area (Å²) in [5, 5.41) is 3.06. The quantitative estimate of drug-likeness (QED) is 0.843. The van der Waals surface area contributed by atoms with Gasteiger partial charge in [0.15, 0.2) is 5.15 Å². The first-order valence-corrected chi connectivity index (χ1v) is 5.69. The van der Waals surface area contributed by atoms with Crippen LogP contribution < -0.4 is 5.32 Å². The van der Waals surface area contributed by atoms with E-state index in [4.69, 9.17) is 16.3 Å². The zero-order valence-electron chi connectivity index (χ0n) is 10.5. The number of anilines is 1. The van der Waals surface area contributed by atoms with E-state index < -0.39 is 5.60 Å². The van der Waals surface area contributed by atoms with Crippen molar-refractivity contribution in [1.82, 2.24) is 4.98 Å². The minimum atomic E-state index is -0.493. The zero-order valence-corrected chi connectivity index (χ0v) is 11.3. The third kappa shape index (κ3) is 3.98. The van der Waals surface area contributed by atoms with Gasteiger partial charge in [-0.25, -0.2) is 4.98 Å². The number of nitrogens with zero attached hydrogens (tertiary/aromatic N) is 1. The second-order valence-electron chi connectivity index (χ2n) is 4.48. The second-order valence-corrected chi connectivity index (χ2v) is 4.84. The molecule has 17 heavy (non-hydrogen) atoms. The number of carbonyl (C=O) groups is 1. The number of halogens is 1. The average Bonchev–Trinajstić information content (AvgIpc) is 2.23. The van der Waals surface area contributed by atoms with Crippen molar-refractivity contribution in [3.05, 3.63) is 23.0 Å². The molecular formula is C12H17ClN2O2. The fourth-order valence-corrected chi connectivity index (χ4v) is 1.57. The maximum atomic E-state index is 11.8. The molecule has 0 spiro atoms. The van der Waals surface area contributed by atoms with Crippen LogP contribution in [0.1, 0.15) is 25.8 Å². The number of hydrogen-bond donors (Lipinski definition) is 1. The lowest BCUT2D eigenvalue weighted by Crippen LogP contribution is -2.29. The van der Waals surface area contributed by atoms with Crippen molar-refractivity contribution in [1.29, 1.82) is 0 Å². The zero-order chi connectivity index (χ0) is 13.1. The summed E-state index contributed by atoms with van der Waals surface area (Å²) in [5.41, 5.74) is 0.951. The van der Waals surface area contributed by atoms with Gasteiger partial charge in [0.1, 0.15) is 0 Å². The molecule has 0 fully saturated rings. The second kappa shape index (κ2) is 5.47. The van der Waals surface area contributed by atoms with Gasteiger partial charge in [-0.1, -0.05) is 11.6 Å². The Morgan fingerprint density at radius 2 is 2.24 bits per heavy atom. The van der Waals surface area contributed by atoms with Gasteiger partial charge >= 0.3 is 0 Å². The number of methoxy groups -OCH3 is 1. The van der Waals surface area contributed by atoms with Crippen LogP contribution in [0.25, 0.3) is 0 Å². The van der Waals surface area contributed by atoms with Gasteiger partial charge in [0, 0.05) is 13.3 Å². The summed E-state index contributed by atoms with van der Waals surface area (Å²) in [5.74, 6) is -0.144. The molecule has 94 valence electrons. The molecule has 0 atom stereocenters. The van der Waals surface area contributed by atoms with Gasteiger partial charge in [-0.15, -0.1) is 0 Å². The monoisotopic (exact) mass is 256 g/mol. The number of nitrogens with one attached hydrogen (secondary N) is 1. The first-order valence-electron chi connectivity index (χ1n) is 5.32. The highest BCUT2D eigenvalue weighted by atomic mass is 35.5. The van der Waals surface area contributed by atoms with E-state index in [-0.39, 0.29) is 12.3 Å². The Morgan fingerprint density at radius 1 is 1.59 bits per heavy atom. The number of rotatable bonds is 4. The number of hydrogen-bond acceptors (Lipinski definition) is 3. The molecule has 1 N–H and O–H groups in total. The van der Waals surface area contributed by atoms with E-state index in [9.17, 15) is 4.79 Å². The van der Waals surface area contributed by atoms with Crippen LogP contribution in [0.15, 0.2) is 12.3 Å². The highest BCUT2D eigenvalue weighted by molar-refractivity contribution is 6.32. The van der Waals surface area contributed by atoms with Crippen molar-refractivity contribution in [3.63, 3.8) is 0 Å². The predicted octanol–water partition coefficient (Wildman–Crippen LogP) is 2.80. The molecule has 0 saturated carbocycles. The van der Waals surface area contributed by atoms with Crippen LogP contribution in [0.2, 0.25) is 5.15 Å². The highest BCUT2D eigenvalue weighted by Crippen LogP contribution is 2.23. The topological polar surface area (TPSA) is 51.2 Å². The molecule has 1 aromatic heterocycles. The van der Waals surface area contributed by atoms with Crippen LogP contribution in [0, 0.1) is 6.92 Å². The van der Waals surface area contributed by atoms with E-state index in [1.807, 2.05) is 20.8 Å². The Morgan fingerprint density at radius 3 is 2.76 bits per heavy atom. The summed E-state index contributed by atoms with van der Waals surface area (Å²) in [4.78, 5) is 15.7. The molecule has 1 heterocycles. The van der Waals surface area contributed by atoms with Gasteiger partial charge < -0.3 is 10.1 Å². The van der Waals surface area contributed by atoms with Gasteiger partial charge in [-0.3, -0.25) is 4.79 Å². The number of aryl methyl sites for hydroxylation is 1. The largest absolute Gasteiger partial charge is 0.378 e. The van der Waals surface area contributed by atoms with E-state index in [1.54, 1.807) is 19.4 Å². The smallest absolute Gasteiger partial charge is 0.227 e. The lowest BCUT2D eigenvalue weighted by Gasteiger charge is -2.22. The Kier molecular flexibility index (Phi) is 4.48. The van der Waals surface area contributed by atoms with Crippen molar-refractivity contribution in [2.75, 3.05) is 12.4 Å². The Hall–Kier alpha value is -1.13. The predicted molar refractivity (Wildman–Crippen MR) is 68.3 cm³/mol. The van der Waals surface area contributed by atoms with Gasteiger partial charge in [0.25, 0.3) is 0 Å². The van der Waals surface area contributed by atoms with Gasteiger partial charge in [0.05, 0.1) is 17.7 Å². The van der Waals surface area contributed by atoms with E-state index >= 15 is 0 Å². The molecule has 4 nitrogen and oxygen atoms in total. The molecule has 0 aliphatic heterocycles. The van der Waals surface area contributed by atoms with E-state index in [0.717, 1.165) is 5.56 Å². The fourth-order valence-electron chi connectivity index (χ4n) is 1.32. The summed E-state index contributed by atoms with van der Waals surface area (Å²) >= 11 is 5.92. The minimum Gasteiger partial charge on any atom is -0.378 e. The van der Waals surface area contributed by atoms with Crippen LogP contribution in [0.5, 0.6) is 0 Å². The lowest BCUT2D eigenvalue weighted by atomic mass is 10.0. The number of ether oxygens (including phenoxy) is 1. The fraction of sp³-hybridized carbons (Fsp3) is 0.500. The summed E-state index contributed by atoms with van der Waals surface area (Å²) in [6.07, 6.45) is 1.86. The van der Waals surface area contributed by atoms with E-state index in [1.165, 1.54) is 0 Å². The molecule has 0 saturated heterocycles. The van der Waals surface area contributed by atoms with E-state index in [2.05, 4.69) is 10.3 Å². The average molecular weight is 257 g/mol. The number of carbonyl (C=O) groups excluding carboxylic acids is 1. The Bertz CT molecular complexity index is 399. The Labute approximate surface area is 106 Å². The van der Waals surface area contributed by atoms with Crippen LogP contribution >= 0.6 is 11.6 Å². The normalized spacial score (nSPS) is 11.4. The lowest BCUT2D eigenvalue weighted by molar-refractivity contribution is -0.121. The van der Waals surface area contributed by atoms with Gasteiger partial charge in [-0.05, 0) is 32.4 Å². The summed E-state index contributed by atoms with van der Waals surface area (Å²) in [6, 6.07) is 1.79. The third-order valence-electron chi connectivity index (χ3n) is 2.52. The third-order valence-corrected chi connectivity index (χ3v) is 2.80. The molecule has 1 aromatic rings. The number of amides is 1. The van der Waals surface area contributed by atoms with Crippen LogP contribution in [0.3, 0.4) is 0 Å². The molecule has 5 heteroatoms. The number of pyridine rings is 1. The molecule has 0 aliphatic carbocycles. The van der Waals surface area contributed by atoms with Crippen molar-refractivity contribution in [2.24, 2.45) is 0 Å². The van der Waals surface area contributed by atoms with Crippen molar-refractivity contribution in [3.8, 4) is 0 Å². The molecule has 0 aromatic carbocycles. The van der Waals surface area contributed by atoms with Crippen molar-refractivity contribution in [2.45, 2.75) is 32.8 Å². The SMILES string of the molecule is COC(C)(C)CC(=O)Nc1c(C)ccnc1Cl. The molecule has 0 bridgehead atoms. The maximum absolute atomic E-state index is 11.8. The summed E-state index contributed by atoms with van der Waals surface area (Å²) < 4.78 is 5.20. The van der Waals surface area contributed by atoms with Crippen LogP contribution in [0.4, 0.5) is 5.69 Å². The molecule has 1 rings (SSSR count). The standard InChI is InChI=1S/C12H17ClN2O2/c1-8-5-6-14-11(13)10(8)15-9(16)7-12(2,3)17-4/h5-6H,7H2,1-4H3,(H,15,16). The minimum absolute atomic E-state index is 0.144. The number of aromatic nitrogens is 1. The van der Waals surface area contributed by atoms with Gasteiger partial charge in [-0.2, -0.15) is 0 Å².